The van der Waals surface area contributed by atoms with Crippen molar-refractivity contribution in [3.05, 3.63) is 139 Å². The van der Waals surface area contributed by atoms with Crippen LogP contribution in [-0.4, -0.2) is 16.8 Å². The van der Waals surface area contributed by atoms with Crippen LogP contribution in [0.25, 0.3) is 11.1 Å². The number of imide groups is 1. The van der Waals surface area contributed by atoms with Gasteiger partial charge in [0.05, 0.1) is 16.8 Å². The van der Waals surface area contributed by atoms with Gasteiger partial charge in [-0.15, -0.1) is 0 Å². The van der Waals surface area contributed by atoms with Crippen LogP contribution in [0.2, 0.25) is 0 Å². The molecule has 4 aromatic carbocycles. The Hall–Kier alpha value is -5.03. The maximum absolute atomic E-state index is 13.1. The van der Waals surface area contributed by atoms with Gasteiger partial charge in [0.1, 0.15) is 0 Å². The zero-order chi connectivity index (χ0) is 24.5. The zero-order valence-electron chi connectivity index (χ0n) is 19.3. The van der Waals surface area contributed by atoms with Crippen LogP contribution < -0.4 is 9.80 Å². The van der Waals surface area contributed by atoms with Crippen molar-refractivity contribution in [1.82, 2.24) is 4.98 Å². The fourth-order valence-electron chi connectivity index (χ4n) is 4.55. The molecule has 172 valence electrons. The molecule has 0 N–H and O–H groups in total. The number of para-hydroxylation sites is 2. The van der Waals surface area contributed by atoms with Gasteiger partial charge in [-0.1, -0.05) is 54.6 Å². The minimum atomic E-state index is -0.320. The van der Waals surface area contributed by atoms with Gasteiger partial charge in [-0.05, 0) is 71.8 Å². The van der Waals surface area contributed by atoms with Gasteiger partial charge in [-0.25, -0.2) is 4.90 Å². The number of fused-ring (bicyclic) bond motifs is 1. The summed E-state index contributed by atoms with van der Waals surface area (Å²) in [6.45, 7) is 0. The lowest BCUT2D eigenvalue weighted by Crippen LogP contribution is -2.29. The molecule has 1 aliphatic heterocycles. The van der Waals surface area contributed by atoms with Gasteiger partial charge in [-0.3, -0.25) is 14.6 Å². The van der Waals surface area contributed by atoms with Crippen molar-refractivity contribution in [2.24, 2.45) is 0 Å². The quantitative estimate of drug-likeness (QED) is 0.261. The molecule has 5 nitrogen and oxygen atoms in total. The highest BCUT2D eigenvalue weighted by Gasteiger charge is 2.36. The standard InChI is InChI=1S/C31H21N3O2/c35-30-28-16-13-23(21-29(28)31(36)34(30)27-17-19-32-20-18-27)22-11-14-26(15-12-22)33(24-7-3-1-4-8-24)25-9-5-2-6-10-25/h1-21H. The van der Waals surface area contributed by atoms with Gasteiger partial charge in [0, 0.05) is 29.5 Å². The number of hydrogen-bond donors (Lipinski definition) is 0. The van der Waals surface area contributed by atoms with Crippen LogP contribution in [-0.2, 0) is 0 Å². The Bertz CT molecular complexity index is 1510. The Morgan fingerprint density at radius 1 is 0.528 bits per heavy atom. The third-order valence-electron chi connectivity index (χ3n) is 6.30. The van der Waals surface area contributed by atoms with Gasteiger partial charge >= 0.3 is 0 Å². The maximum Gasteiger partial charge on any atom is 0.266 e. The van der Waals surface area contributed by atoms with E-state index in [1.807, 2.05) is 54.6 Å². The van der Waals surface area contributed by atoms with E-state index in [0.717, 1.165) is 28.2 Å². The first-order valence-electron chi connectivity index (χ1n) is 11.6. The van der Waals surface area contributed by atoms with E-state index in [9.17, 15) is 9.59 Å². The minimum absolute atomic E-state index is 0.315. The fraction of sp³-hybridized carbons (Fsp3) is 0. The second kappa shape index (κ2) is 8.96. The monoisotopic (exact) mass is 467 g/mol. The first kappa shape index (κ1) is 21.5. The molecule has 0 unspecified atom stereocenters. The molecule has 0 aliphatic carbocycles. The Labute approximate surface area is 208 Å². The van der Waals surface area contributed by atoms with Crippen LogP contribution in [0.3, 0.4) is 0 Å². The normalized spacial score (nSPS) is 12.5. The number of carbonyl (C=O) groups excluding carboxylic acids is 2. The van der Waals surface area contributed by atoms with E-state index in [0.29, 0.717) is 16.8 Å². The third kappa shape index (κ3) is 3.73. The number of carbonyl (C=O) groups is 2. The predicted octanol–water partition coefficient (Wildman–Crippen LogP) is 7.02. The summed E-state index contributed by atoms with van der Waals surface area (Å²) in [4.78, 5) is 33.4. The lowest BCUT2D eigenvalue weighted by atomic mass is 10.00. The lowest BCUT2D eigenvalue weighted by molar-refractivity contribution is 0.0926. The maximum atomic E-state index is 13.1. The zero-order valence-corrected chi connectivity index (χ0v) is 19.3. The first-order valence-corrected chi connectivity index (χ1v) is 11.6. The number of pyridine rings is 1. The minimum Gasteiger partial charge on any atom is -0.311 e. The Morgan fingerprint density at radius 2 is 1.06 bits per heavy atom. The smallest absolute Gasteiger partial charge is 0.266 e. The second-order valence-electron chi connectivity index (χ2n) is 8.46. The van der Waals surface area contributed by atoms with Crippen LogP contribution in [0.4, 0.5) is 22.7 Å². The number of anilines is 4. The third-order valence-corrected chi connectivity index (χ3v) is 6.30. The van der Waals surface area contributed by atoms with E-state index in [-0.39, 0.29) is 11.8 Å². The molecule has 0 radical (unpaired) electrons. The SMILES string of the molecule is O=C1c2ccc(-c3ccc(N(c4ccccc4)c4ccccc4)cc3)cc2C(=O)N1c1ccncc1. The van der Waals surface area contributed by atoms with E-state index < -0.39 is 0 Å². The van der Waals surface area contributed by atoms with Crippen molar-refractivity contribution in [2.45, 2.75) is 0 Å². The number of benzene rings is 4. The number of amides is 2. The first-order chi connectivity index (χ1) is 17.7. The van der Waals surface area contributed by atoms with Crippen molar-refractivity contribution in [2.75, 3.05) is 9.80 Å². The number of rotatable bonds is 5. The average molecular weight is 468 g/mol. The summed E-state index contributed by atoms with van der Waals surface area (Å²) in [5, 5.41) is 0. The van der Waals surface area contributed by atoms with Gasteiger partial charge in [0.2, 0.25) is 0 Å². The van der Waals surface area contributed by atoms with Gasteiger partial charge < -0.3 is 4.90 Å². The largest absolute Gasteiger partial charge is 0.311 e. The molecule has 1 aromatic heterocycles. The van der Waals surface area contributed by atoms with Crippen LogP contribution in [0, 0.1) is 0 Å². The van der Waals surface area contributed by atoms with Crippen LogP contribution >= 0.6 is 0 Å². The molecule has 0 saturated heterocycles. The summed E-state index contributed by atoms with van der Waals surface area (Å²) in [5.41, 5.74) is 6.33. The molecule has 5 aromatic rings. The van der Waals surface area contributed by atoms with E-state index in [4.69, 9.17) is 0 Å². The Morgan fingerprint density at radius 3 is 1.67 bits per heavy atom. The molecule has 2 heterocycles. The van der Waals surface area contributed by atoms with Crippen molar-refractivity contribution in [3.63, 3.8) is 0 Å². The van der Waals surface area contributed by atoms with Gasteiger partial charge in [0.25, 0.3) is 11.8 Å². The van der Waals surface area contributed by atoms with E-state index in [1.54, 1.807) is 36.7 Å². The number of hydrogen-bond acceptors (Lipinski definition) is 4. The molecule has 0 fully saturated rings. The molecular formula is C31H21N3O2. The Kier molecular flexibility index (Phi) is 5.35. The lowest BCUT2D eigenvalue weighted by Gasteiger charge is -2.25. The van der Waals surface area contributed by atoms with E-state index in [2.05, 4.69) is 46.3 Å². The van der Waals surface area contributed by atoms with Crippen molar-refractivity contribution in [1.29, 1.82) is 0 Å². The molecule has 1 aliphatic rings. The number of aromatic nitrogens is 1. The summed E-state index contributed by atoms with van der Waals surface area (Å²) >= 11 is 0. The summed E-state index contributed by atoms with van der Waals surface area (Å²) < 4.78 is 0. The molecule has 6 rings (SSSR count). The molecule has 36 heavy (non-hydrogen) atoms. The van der Waals surface area contributed by atoms with Crippen LogP contribution in [0.5, 0.6) is 0 Å². The van der Waals surface area contributed by atoms with E-state index in [1.165, 1.54) is 4.90 Å². The fourth-order valence-corrected chi connectivity index (χ4v) is 4.55. The summed E-state index contributed by atoms with van der Waals surface area (Å²) in [6, 6.07) is 37.4. The van der Waals surface area contributed by atoms with E-state index >= 15 is 0 Å². The highest BCUT2D eigenvalue weighted by molar-refractivity contribution is 6.34. The molecule has 5 heteroatoms. The average Bonchev–Trinajstić information content (AvgIpc) is 3.20. The Balaban J connectivity index is 1.34. The van der Waals surface area contributed by atoms with Crippen LogP contribution in [0.1, 0.15) is 20.7 Å². The second-order valence-corrected chi connectivity index (χ2v) is 8.46. The predicted molar refractivity (Wildman–Crippen MR) is 142 cm³/mol. The van der Waals surface area contributed by atoms with Crippen molar-refractivity contribution < 1.29 is 9.59 Å². The van der Waals surface area contributed by atoms with Crippen molar-refractivity contribution >= 4 is 34.6 Å². The highest BCUT2D eigenvalue weighted by atomic mass is 16.2. The van der Waals surface area contributed by atoms with Gasteiger partial charge in [0.15, 0.2) is 0 Å². The molecule has 0 saturated carbocycles. The molecule has 0 atom stereocenters. The molecular weight excluding hydrogens is 446 g/mol. The molecule has 2 amide bonds. The van der Waals surface area contributed by atoms with Gasteiger partial charge in [-0.2, -0.15) is 0 Å². The topological polar surface area (TPSA) is 53.5 Å². The summed E-state index contributed by atoms with van der Waals surface area (Å²) in [5.74, 6) is -0.636. The highest BCUT2D eigenvalue weighted by Crippen LogP contribution is 2.36. The number of nitrogens with zero attached hydrogens (tertiary/aromatic N) is 3. The van der Waals surface area contributed by atoms with Crippen LogP contribution in [0.15, 0.2) is 128 Å². The molecule has 0 bridgehead atoms. The summed E-state index contributed by atoms with van der Waals surface area (Å²) in [6.07, 6.45) is 3.14. The van der Waals surface area contributed by atoms with Crippen molar-refractivity contribution in [3.8, 4) is 11.1 Å². The molecule has 0 spiro atoms. The summed E-state index contributed by atoms with van der Waals surface area (Å²) in [7, 11) is 0.